The number of ether oxygens (including phenoxy) is 2. The first-order valence-corrected chi connectivity index (χ1v) is 6.69. The van der Waals surface area contributed by atoms with Gasteiger partial charge in [-0.3, -0.25) is 0 Å². The minimum atomic E-state index is -0.938. The molecule has 2 aromatic rings. The molecule has 0 radical (unpaired) electrons. The number of anilines is 1. The summed E-state index contributed by atoms with van der Waals surface area (Å²) in [7, 11) is 0. The van der Waals surface area contributed by atoms with E-state index in [1.54, 1.807) is 18.2 Å². The lowest BCUT2D eigenvalue weighted by molar-refractivity contribution is 0.0697. The Morgan fingerprint density at radius 2 is 1.95 bits per heavy atom. The van der Waals surface area contributed by atoms with Gasteiger partial charge in [-0.25, -0.2) is 4.79 Å². The number of carboxylic acid groups (broad SMARTS) is 1. The monoisotopic (exact) mass is 285 g/mol. The van der Waals surface area contributed by atoms with E-state index in [1.807, 2.05) is 24.3 Å². The highest BCUT2D eigenvalue weighted by molar-refractivity contribution is 5.88. The summed E-state index contributed by atoms with van der Waals surface area (Å²) in [5, 5.41) is 12.2. The van der Waals surface area contributed by atoms with Gasteiger partial charge in [-0.05, 0) is 24.3 Å². The number of hydrogen-bond donors (Lipinski definition) is 2. The molecule has 3 rings (SSSR count). The zero-order valence-electron chi connectivity index (χ0n) is 11.3. The largest absolute Gasteiger partial charge is 0.486 e. The van der Waals surface area contributed by atoms with Crippen LogP contribution in [0.2, 0.25) is 0 Å². The number of aromatic carboxylic acids is 1. The molecule has 0 fully saturated rings. The number of fused-ring (bicyclic) bond motifs is 1. The lowest BCUT2D eigenvalue weighted by Gasteiger charge is -2.21. The SMILES string of the molecule is O=C(O)c1cccc(NCc2cccc3c2OCCO3)c1. The second-order valence-electron chi connectivity index (χ2n) is 4.68. The number of para-hydroxylation sites is 1. The molecule has 0 aromatic heterocycles. The van der Waals surface area contributed by atoms with E-state index in [0.717, 1.165) is 22.7 Å². The van der Waals surface area contributed by atoms with Gasteiger partial charge in [0.2, 0.25) is 0 Å². The molecule has 0 aliphatic carbocycles. The van der Waals surface area contributed by atoms with Crippen LogP contribution in [-0.4, -0.2) is 24.3 Å². The molecular weight excluding hydrogens is 270 g/mol. The minimum Gasteiger partial charge on any atom is -0.486 e. The minimum absolute atomic E-state index is 0.259. The average molecular weight is 285 g/mol. The summed E-state index contributed by atoms with van der Waals surface area (Å²) in [4.78, 5) is 11.0. The second kappa shape index (κ2) is 5.75. The predicted octanol–water partition coefficient (Wildman–Crippen LogP) is 2.77. The van der Waals surface area contributed by atoms with Gasteiger partial charge in [0, 0.05) is 17.8 Å². The van der Waals surface area contributed by atoms with Gasteiger partial charge in [0.25, 0.3) is 0 Å². The van der Waals surface area contributed by atoms with E-state index in [4.69, 9.17) is 14.6 Å². The van der Waals surface area contributed by atoms with Gasteiger partial charge in [0.1, 0.15) is 13.2 Å². The van der Waals surface area contributed by atoms with Crippen LogP contribution in [0.3, 0.4) is 0 Å². The third-order valence-electron chi connectivity index (χ3n) is 3.24. The van der Waals surface area contributed by atoms with Crippen molar-refractivity contribution >= 4 is 11.7 Å². The van der Waals surface area contributed by atoms with E-state index < -0.39 is 5.97 Å². The zero-order chi connectivity index (χ0) is 14.7. The van der Waals surface area contributed by atoms with E-state index in [9.17, 15) is 4.79 Å². The molecule has 1 aliphatic rings. The van der Waals surface area contributed by atoms with Crippen molar-refractivity contribution < 1.29 is 19.4 Å². The van der Waals surface area contributed by atoms with Crippen molar-refractivity contribution in [2.75, 3.05) is 18.5 Å². The molecule has 2 aromatic carbocycles. The summed E-state index contributed by atoms with van der Waals surface area (Å²) in [5.74, 6) is 0.568. The van der Waals surface area contributed by atoms with E-state index >= 15 is 0 Å². The van der Waals surface area contributed by atoms with Crippen molar-refractivity contribution in [2.45, 2.75) is 6.54 Å². The Labute approximate surface area is 122 Å². The first-order chi connectivity index (χ1) is 10.2. The first kappa shape index (κ1) is 13.3. The molecule has 0 unspecified atom stereocenters. The topological polar surface area (TPSA) is 67.8 Å². The van der Waals surface area contributed by atoms with Crippen molar-refractivity contribution in [3.63, 3.8) is 0 Å². The lowest BCUT2D eigenvalue weighted by Crippen LogP contribution is -2.17. The highest BCUT2D eigenvalue weighted by Crippen LogP contribution is 2.33. The van der Waals surface area contributed by atoms with Gasteiger partial charge in [0.05, 0.1) is 5.56 Å². The Morgan fingerprint density at radius 1 is 1.14 bits per heavy atom. The molecule has 5 heteroatoms. The quantitative estimate of drug-likeness (QED) is 0.904. The molecule has 1 heterocycles. The number of hydrogen-bond acceptors (Lipinski definition) is 4. The van der Waals surface area contributed by atoms with E-state index in [-0.39, 0.29) is 5.56 Å². The summed E-state index contributed by atoms with van der Waals surface area (Å²) in [6.45, 7) is 1.64. The molecule has 0 bridgehead atoms. The Hall–Kier alpha value is -2.69. The van der Waals surface area contributed by atoms with Crippen LogP contribution in [0.25, 0.3) is 0 Å². The number of nitrogens with one attached hydrogen (secondary N) is 1. The first-order valence-electron chi connectivity index (χ1n) is 6.69. The average Bonchev–Trinajstić information content (AvgIpc) is 2.53. The van der Waals surface area contributed by atoms with Gasteiger partial charge < -0.3 is 19.9 Å². The summed E-state index contributed by atoms with van der Waals surface area (Å²) in [6.07, 6.45) is 0. The predicted molar refractivity (Wildman–Crippen MR) is 78.2 cm³/mol. The van der Waals surface area contributed by atoms with Crippen LogP contribution in [0.4, 0.5) is 5.69 Å². The van der Waals surface area contributed by atoms with Crippen LogP contribution in [0.1, 0.15) is 15.9 Å². The van der Waals surface area contributed by atoms with Gasteiger partial charge in [-0.15, -0.1) is 0 Å². The number of carboxylic acids is 1. The van der Waals surface area contributed by atoms with E-state index in [1.165, 1.54) is 0 Å². The normalized spacial score (nSPS) is 12.8. The van der Waals surface area contributed by atoms with Crippen LogP contribution in [-0.2, 0) is 6.54 Å². The smallest absolute Gasteiger partial charge is 0.335 e. The summed E-state index contributed by atoms with van der Waals surface area (Å²) in [5.41, 5.74) is 1.99. The van der Waals surface area contributed by atoms with Crippen molar-refractivity contribution in [2.24, 2.45) is 0 Å². The highest BCUT2D eigenvalue weighted by Gasteiger charge is 2.15. The van der Waals surface area contributed by atoms with Crippen LogP contribution < -0.4 is 14.8 Å². The summed E-state index contributed by atoms with van der Waals surface area (Å²) >= 11 is 0. The van der Waals surface area contributed by atoms with Crippen LogP contribution in [0.5, 0.6) is 11.5 Å². The number of carbonyl (C=O) groups is 1. The Balaban J connectivity index is 1.76. The van der Waals surface area contributed by atoms with Crippen molar-refractivity contribution in [1.29, 1.82) is 0 Å². The van der Waals surface area contributed by atoms with Gasteiger partial charge in [-0.1, -0.05) is 18.2 Å². The highest BCUT2D eigenvalue weighted by atomic mass is 16.6. The summed E-state index contributed by atoms with van der Waals surface area (Å²) < 4.78 is 11.2. The van der Waals surface area contributed by atoms with E-state index in [0.29, 0.717) is 19.8 Å². The van der Waals surface area contributed by atoms with Crippen LogP contribution >= 0.6 is 0 Å². The third kappa shape index (κ3) is 2.91. The van der Waals surface area contributed by atoms with E-state index in [2.05, 4.69) is 5.32 Å². The van der Waals surface area contributed by atoms with Crippen molar-refractivity contribution in [3.8, 4) is 11.5 Å². The molecule has 0 spiro atoms. The molecule has 21 heavy (non-hydrogen) atoms. The Kier molecular flexibility index (Phi) is 3.64. The molecule has 0 saturated carbocycles. The fourth-order valence-electron chi connectivity index (χ4n) is 2.23. The molecule has 0 atom stereocenters. The fourth-order valence-corrected chi connectivity index (χ4v) is 2.23. The molecule has 108 valence electrons. The van der Waals surface area contributed by atoms with Crippen LogP contribution in [0, 0.1) is 0 Å². The van der Waals surface area contributed by atoms with Gasteiger partial charge >= 0.3 is 5.97 Å². The maximum atomic E-state index is 11.0. The van der Waals surface area contributed by atoms with Gasteiger partial charge in [0.15, 0.2) is 11.5 Å². The van der Waals surface area contributed by atoms with Crippen molar-refractivity contribution in [1.82, 2.24) is 0 Å². The molecule has 2 N–H and O–H groups in total. The maximum absolute atomic E-state index is 11.0. The second-order valence-corrected chi connectivity index (χ2v) is 4.68. The zero-order valence-corrected chi connectivity index (χ0v) is 11.3. The molecule has 0 saturated heterocycles. The van der Waals surface area contributed by atoms with Crippen LogP contribution in [0.15, 0.2) is 42.5 Å². The Morgan fingerprint density at radius 3 is 2.81 bits per heavy atom. The molecule has 0 amide bonds. The third-order valence-corrected chi connectivity index (χ3v) is 3.24. The maximum Gasteiger partial charge on any atom is 0.335 e. The Bertz CT molecular complexity index is 669. The molecular formula is C16H15NO4. The van der Waals surface area contributed by atoms with Crippen molar-refractivity contribution in [3.05, 3.63) is 53.6 Å². The molecule has 1 aliphatic heterocycles. The number of rotatable bonds is 4. The summed E-state index contributed by atoms with van der Waals surface area (Å²) in [6, 6.07) is 12.5. The fraction of sp³-hybridized carbons (Fsp3) is 0.188. The molecule has 5 nitrogen and oxygen atoms in total. The standard InChI is InChI=1S/C16H15NO4/c18-16(19)11-3-1-5-13(9-11)17-10-12-4-2-6-14-15(12)21-8-7-20-14/h1-6,9,17H,7-8,10H2,(H,18,19). The lowest BCUT2D eigenvalue weighted by atomic mass is 10.1. The van der Waals surface area contributed by atoms with Gasteiger partial charge in [-0.2, -0.15) is 0 Å². The number of benzene rings is 2.